The Kier molecular flexibility index (Phi) is 7.71. The van der Waals surface area contributed by atoms with Gasteiger partial charge < -0.3 is 9.47 Å². The third-order valence-corrected chi connectivity index (χ3v) is 3.32. The first-order valence-corrected chi connectivity index (χ1v) is 9.83. The van der Waals surface area contributed by atoms with Crippen molar-refractivity contribution in [2.75, 3.05) is 13.2 Å². The summed E-state index contributed by atoms with van der Waals surface area (Å²) in [6, 6.07) is 5.78. The molecule has 0 saturated heterocycles. The molecule has 0 bridgehead atoms. The lowest BCUT2D eigenvalue weighted by Gasteiger charge is -2.20. The molecular formula is C11H10Br6O2. The zero-order chi connectivity index (χ0) is 14.7. The van der Waals surface area contributed by atoms with E-state index in [1.807, 2.05) is 25.1 Å². The number of ether oxygens (including phenoxy) is 2. The van der Waals surface area contributed by atoms with Crippen molar-refractivity contribution in [2.24, 2.45) is 0 Å². The van der Waals surface area contributed by atoms with Gasteiger partial charge in [-0.25, -0.2) is 0 Å². The van der Waals surface area contributed by atoms with Crippen LogP contribution in [0.15, 0.2) is 18.2 Å². The Bertz CT molecular complexity index is 424. The smallest absolute Gasteiger partial charge is 0.168 e. The van der Waals surface area contributed by atoms with Crippen molar-refractivity contribution in [3.05, 3.63) is 23.8 Å². The van der Waals surface area contributed by atoms with Crippen molar-refractivity contribution in [3.63, 3.8) is 0 Å². The molecule has 0 saturated carbocycles. The molecule has 0 unspecified atom stereocenters. The number of rotatable bonds is 4. The number of alkyl halides is 6. The molecule has 0 spiro atoms. The summed E-state index contributed by atoms with van der Waals surface area (Å²) < 4.78 is 10.6. The van der Waals surface area contributed by atoms with Gasteiger partial charge in [-0.3, -0.25) is 0 Å². The van der Waals surface area contributed by atoms with Crippen LogP contribution in [0.5, 0.6) is 11.5 Å². The van der Waals surface area contributed by atoms with Crippen LogP contribution in [0.1, 0.15) is 5.56 Å². The second kappa shape index (κ2) is 7.81. The van der Waals surface area contributed by atoms with E-state index in [9.17, 15) is 0 Å². The summed E-state index contributed by atoms with van der Waals surface area (Å²) in [5, 5.41) is 0. The molecule has 0 atom stereocenters. The van der Waals surface area contributed by atoms with Gasteiger partial charge in [-0.15, -0.1) is 0 Å². The minimum atomic E-state index is -0.448. The van der Waals surface area contributed by atoms with Gasteiger partial charge in [0, 0.05) is 0 Å². The molecule has 0 radical (unpaired) electrons. The first kappa shape index (κ1) is 18.7. The van der Waals surface area contributed by atoms with E-state index in [2.05, 4.69) is 95.6 Å². The summed E-state index contributed by atoms with van der Waals surface area (Å²) in [5.74, 6) is 1.42. The minimum Gasteiger partial charge on any atom is -0.486 e. The van der Waals surface area contributed by atoms with Crippen molar-refractivity contribution in [2.45, 2.75) is 11.2 Å². The van der Waals surface area contributed by atoms with Gasteiger partial charge in [-0.2, -0.15) is 0 Å². The van der Waals surface area contributed by atoms with Crippen LogP contribution >= 0.6 is 95.6 Å². The number of aryl methyl sites for hydroxylation is 1. The van der Waals surface area contributed by atoms with Crippen LogP contribution in [0.2, 0.25) is 0 Å². The average Bonchev–Trinajstić information content (AvgIpc) is 2.22. The van der Waals surface area contributed by atoms with Crippen LogP contribution in [0.4, 0.5) is 0 Å². The lowest BCUT2D eigenvalue weighted by Crippen LogP contribution is -2.17. The lowest BCUT2D eigenvalue weighted by atomic mass is 10.2. The summed E-state index contributed by atoms with van der Waals surface area (Å²) in [4.78, 5) is 0. The zero-order valence-electron chi connectivity index (χ0n) is 9.73. The van der Waals surface area contributed by atoms with E-state index in [4.69, 9.17) is 9.47 Å². The molecule has 0 heterocycles. The van der Waals surface area contributed by atoms with Gasteiger partial charge in [0.25, 0.3) is 0 Å². The number of halogens is 6. The van der Waals surface area contributed by atoms with Crippen LogP contribution in [0.25, 0.3) is 0 Å². The number of para-hydroxylation sites is 1. The minimum absolute atomic E-state index is 0.398. The Morgan fingerprint density at radius 1 is 0.895 bits per heavy atom. The molecule has 0 aliphatic carbocycles. The van der Waals surface area contributed by atoms with Crippen molar-refractivity contribution in [1.29, 1.82) is 0 Å². The van der Waals surface area contributed by atoms with Crippen molar-refractivity contribution < 1.29 is 9.47 Å². The van der Waals surface area contributed by atoms with Crippen LogP contribution < -0.4 is 9.47 Å². The molecule has 2 nitrogen and oxygen atoms in total. The predicted molar refractivity (Wildman–Crippen MR) is 101 cm³/mol. The maximum Gasteiger partial charge on any atom is 0.168 e. The summed E-state index contributed by atoms with van der Waals surface area (Å²) in [6.07, 6.45) is 0. The first-order chi connectivity index (χ1) is 8.58. The third-order valence-electron chi connectivity index (χ3n) is 1.95. The highest BCUT2D eigenvalue weighted by molar-refractivity contribution is 9.39. The summed E-state index contributed by atoms with van der Waals surface area (Å²) >= 11 is 20.4. The van der Waals surface area contributed by atoms with E-state index in [-0.39, 0.29) is 0 Å². The van der Waals surface area contributed by atoms with Gasteiger partial charge in [-0.05, 0) is 18.6 Å². The molecule has 0 fully saturated rings. The van der Waals surface area contributed by atoms with Gasteiger partial charge in [0.15, 0.2) is 15.8 Å². The lowest BCUT2D eigenvalue weighted by molar-refractivity contribution is 0.282. The Morgan fingerprint density at radius 2 is 1.42 bits per heavy atom. The van der Waals surface area contributed by atoms with Crippen LogP contribution in [0.3, 0.4) is 0 Å². The van der Waals surface area contributed by atoms with E-state index >= 15 is 0 Å². The van der Waals surface area contributed by atoms with Gasteiger partial charge in [-0.1, -0.05) is 108 Å². The Morgan fingerprint density at radius 3 is 1.95 bits per heavy atom. The molecule has 0 aliphatic rings. The molecule has 0 amide bonds. The first-order valence-electron chi connectivity index (χ1n) is 5.07. The van der Waals surface area contributed by atoms with Crippen molar-refractivity contribution in [3.8, 4) is 11.5 Å². The van der Waals surface area contributed by atoms with Crippen molar-refractivity contribution >= 4 is 95.6 Å². The average molecular weight is 654 g/mol. The summed E-state index contributed by atoms with van der Waals surface area (Å²) in [6.45, 7) is 2.77. The fourth-order valence-electron chi connectivity index (χ4n) is 1.24. The number of benzene rings is 1. The normalized spacial score (nSPS) is 12.4. The van der Waals surface area contributed by atoms with Gasteiger partial charge in [0.1, 0.15) is 13.2 Å². The summed E-state index contributed by atoms with van der Waals surface area (Å²) in [5.41, 5.74) is 1.01. The molecule has 19 heavy (non-hydrogen) atoms. The topological polar surface area (TPSA) is 18.5 Å². The molecule has 1 aromatic carbocycles. The molecule has 1 rings (SSSR count). The molecule has 0 N–H and O–H groups in total. The SMILES string of the molecule is Cc1cccc(OCC(Br)(Br)Br)c1OCC(Br)(Br)Br. The Hall–Kier alpha value is 1.70. The predicted octanol–water partition coefficient (Wildman–Crippen LogP) is 6.43. The third kappa shape index (κ3) is 8.04. The van der Waals surface area contributed by atoms with Gasteiger partial charge in [0.2, 0.25) is 0 Å². The van der Waals surface area contributed by atoms with E-state index in [0.717, 1.165) is 11.3 Å². The fourth-order valence-corrected chi connectivity index (χ4v) is 1.92. The largest absolute Gasteiger partial charge is 0.486 e. The summed E-state index contributed by atoms with van der Waals surface area (Å²) in [7, 11) is 0. The van der Waals surface area contributed by atoms with Crippen LogP contribution in [0, 0.1) is 6.92 Å². The van der Waals surface area contributed by atoms with Gasteiger partial charge >= 0.3 is 0 Å². The highest BCUT2D eigenvalue weighted by Crippen LogP contribution is 2.39. The monoisotopic (exact) mass is 648 g/mol. The van der Waals surface area contributed by atoms with Crippen LogP contribution in [-0.4, -0.2) is 17.5 Å². The second-order valence-electron chi connectivity index (χ2n) is 3.71. The van der Waals surface area contributed by atoms with Crippen molar-refractivity contribution in [1.82, 2.24) is 0 Å². The molecule has 108 valence electrons. The molecule has 0 aromatic heterocycles. The maximum absolute atomic E-state index is 5.79. The van der Waals surface area contributed by atoms with E-state index < -0.39 is 4.29 Å². The molecule has 1 aromatic rings. The van der Waals surface area contributed by atoms with E-state index in [0.29, 0.717) is 19.0 Å². The van der Waals surface area contributed by atoms with E-state index in [1.54, 1.807) is 0 Å². The number of hydrogen-bond donors (Lipinski definition) is 0. The highest BCUT2D eigenvalue weighted by atomic mass is 80.0. The fraction of sp³-hybridized carbons (Fsp3) is 0.455. The Labute approximate surface area is 163 Å². The van der Waals surface area contributed by atoms with Crippen LogP contribution in [-0.2, 0) is 0 Å². The standard InChI is InChI=1S/C11H10Br6O2/c1-7-3-2-4-8(18-5-10(12,13)14)9(7)19-6-11(15,16)17/h2-4H,5-6H2,1H3. The zero-order valence-corrected chi connectivity index (χ0v) is 19.2. The number of hydrogen-bond acceptors (Lipinski definition) is 2. The highest BCUT2D eigenvalue weighted by Gasteiger charge is 2.22. The van der Waals surface area contributed by atoms with Gasteiger partial charge in [0.05, 0.1) is 0 Å². The maximum atomic E-state index is 5.79. The quantitative estimate of drug-likeness (QED) is 0.349. The molecular weight excluding hydrogens is 644 g/mol. The molecule has 0 aliphatic heterocycles. The Balaban J connectivity index is 2.83. The van der Waals surface area contributed by atoms with E-state index in [1.165, 1.54) is 0 Å². The molecule has 8 heteroatoms. The second-order valence-corrected chi connectivity index (χ2v) is 18.2.